The monoisotopic (exact) mass is 332 g/mol. The molecule has 6 nitrogen and oxygen atoms in total. The van der Waals surface area contributed by atoms with Gasteiger partial charge in [0, 0.05) is 23.8 Å². The van der Waals surface area contributed by atoms with Crippen LogP contribution in [0.1, 0.15) is 6.92 Å². The normalized spacial score (nSPS) is 22.8. The molecule has 1 atom stereocenters. The van der Waals surface area contributed by atoms with Crippen LogP contribution in [0, 0.1) is 0 Å². The summed E-state index contributed by atoms with van der Waals surface area (Å²) in [5, 5.41) is -0.999. The fraction of sp³-hybridized carbons (Fsp3) is 0.875. The van der Waals surface area contributed by atoms with Crippen LogP contribution in [0.4, 0.5) is 0 Å². The van der Waals surface area contributed by atoms with Crippen molar-refractivity contribution in [2.24, 2.45) is 5.73 Å². The van der Waals surface area contributed by atoms with Gasteiger partial charge in [0.15, 0.2) is 9.84 Å². The lowest BCUT2D eigenvalue weighted by Gasteiger charge is -2.33. The van der Waals surface area contributed by atoms with E-state index in [1.807, 2.05) is 0 Å². The molecule has 2 N–H and O–H groups in total. The third-order valence-electron chi connectivity index (χ3n) is 2.54. The van der Waals surface area contributed by atoms with Crippen molar-refractivity contribution in [2.45, 2.75) is 12.3 Å². The van der Waals surface area contributed by atoms with Crippen molar-refractivity contribution in [3.63, 3.8) is 0 Å². The zero-order chi connectivity index (χ0) is 14.0. The Bertz CT molecular complexity index is 513. The van der Waals surface area contributed by atoms with E-state index >= 15 is 0 Å². The SMILES string of the molecule is CCS(=O)(=O)C1CSCCN1S(=O)(=O)CC(N)=S. The Balaban J connectivity index is 3.07. The summed E-state index contributed by atoms with van der Waals surface area (Å²) in [6, 6.07) is 0. The molecule has 0 aliphatic carbocycles. The van der Waals surface area contributed by atoms with Gasteiger partial charge in [0.2, 0.25) is 10.0 Å². The highest BCUT2D eigenvalue weighted by Crippen LogP contribution is 2.24. The molecule has 1 aliphatic rings. The van der Waals surface area contributed by atoms with E-state index in [2.05, 4.69) is 12.2 Å². The Morgan fingerprint density at radius 3 is 2.56 bits per heavy atom. The minimum Gasteiger partial charge on any atom is -0.392 e. The lowest BCUT2D eigenvalue weighted by Crippen LogP contribution is -2.52. The van der Waals surface area contributed by atoms with Gasteiger partial charge in [0.25, 0.3) is 0 Å². The third kappa shape index (κ3) is 3.80. The Kier molecular flexibility index (Phi) is 5.42. The van der Waals surface area contributed by atoms with Crippen LogP contribution in [-0.4, -0.2) is 61.1 Å². The van der Waals surface area contributed by atoms with Gasteiger partial charge in [0.05, 0.1) is 4.99 Å². The van der Waals surface area contributed by atoms with Crippen molar-refractivity contribution < 1.29 is 16.8 Å². The van der Waals surface area contributed by atoms with E-state index in [9.17, 15) is 16.8 Å². The molecule has 0 amide bonds. The van der Waals surface area contributed by atoms with Crippen LogP contribution in [0.25, 0.3) is 0 Å². The van der Waals surface area contributed by atoms with E-state index in [1.54, 1.807) is 0 Å². The lowest BCUT2D eigenvalue weighted by molar-refractivity contribution is 0.406. The zero-order valence-corrected chi connectivity index (χ0v) is 13.2. The maximum Gasteiger partial charge on any atom is 0.221 e. The molecule has 1 unspecified atom stereocenters. The summed E-state index contributed by atoms with van der Waals surface area (Å²) in [6.07, 6.45) is 0. The van der Waals surface area contributed by atoms with Crippen molar-refractivity contribution in [1.29, 1.82) is 0 Å². The molecule has 1 rings (SSSR count). The quantitative estimate of drug-likeness (QED) is 0.672. The molecule has 0 aromatic rings. The number of nitrogens with two attached hydrogens (primary N) is 1. The average Bonchev–Trinajstić information content (AvgIpc) is 2.27. The molecule has 0 aromatic heterocycles. The van der Waals surface area contributed by atoms with Gasteiger partial charge in [-0.1, -0.05) is 19.1 Å². The van der Waals surface area contributed by atoms with Gasteiger partial charge < -0.3 is 5.73 Å². The number of thioether (sulfide) groups is 1. The summed E-state index contributed by atoms with van der Waals surface area (Å²) in [5.41, 5.74) is 5.24. The van der Waals surface area contributed by atoms with Crippen LogP contribution in [0.3, 0.4) is 0 Å². The molecule has 10 heteroatoms. The molecular weight excluding hydrogens is 316 g/mol. The van der Waals surface area contributed by atoms with Crippen LogP contribution in [0.2, 0.25) is 0 Å². The van der Waals surface area contributed by atoms with Gasteiger partial charge in [-0.25, -0.2) is 16.8 Å². The second-order valence-corrected chi connectivity index (χ2v) is 9.86. The fourth-order valence-corrected chi connectivity index (χ4v) is 7.23. The van der Waals surface area contributed by atoms with Gasteiger partial charge in [-0.2, -0.15) is 16.1 Å². The minimum atomic E-state index is -3.75. The van der Waals surface area contributed by atoms with Crippen LogP contribution < -0.4 is 5.73 Å². The first-order valence-electron chi connectivity index (χ1n) is 5.28. The third-order valence-corrected chi connectivity index (χ3v) is 8.11. The number of thiocarbonyl (C=S) groups is 1. The predicted octanol–water partition coefficient (Wildman–Crippen LogP) is -0.588. The Morgan fingerprint density at radius 1 is 1.44 bits per heavy atom. The summed E-state index contributed by atoms with van der Waals surface area (Å²) in [4.78, 5) is -0.152. The maximum absolute atomic E-state index is 12.1. The van der Waals surface area contributed by atoms with Crippen molar-refractivity contribution in [3.8, 4) is 0 Å². The molecule has 0 saturated carbocycles. The average molecular weight is 332 g/mol. The van der Waals surface area contributed by atoms with Crippen LogP contribution in [-0.2, 0) is 19.9 Å². The topological polar surface area (TPSA) is 97.5 Å². The Morgan fingerprint density at radius 2 is 2.06 bits per heavy atom. The molecule has 1 fully saturated rings. The summed E-state index contributed by atoms with van der Waals surface area (Å²) in [7, 11) is -7.20. The highest BCUT2D eigenvalue weighted by atomic mass is 32.2. The number of sulfone groups is 1. The number of rotatable bonds is 5. The molecule has 1 aliphatic heterocycles. The van der Waals surface area contributed by atoms with Crippen molar-refractivity contribution in [3.05, 3.63) is 0 Å². The molecule has 0 bridgehead atoms. The minimum absolute atomic E-state index is 0.0860. The number of hydrogen-bond acceptors (Lipinski definition) is 6. The molecule has 0 radical (unpaired) electrons. The number of hydrogen-bond donors (Lipinski definition) is 1. The van der Waals surface area contributed by atoms with Gasteiger partial charge in [-0.15, -0.1) is 0 Å². The first-order valence-corrected chi connectivity index (χ1v) is 10.2. The summed E-state index contributed by atoms with van der Waals surface area (Å²) in [5.74, 6) is 0.263. The van der Waals surface area contributed by atoms with Crippen LogP contribution >= 0.6 is 24.0 Å². The largest absolute Gasteiger partial charge is 0.392 e. The van der Waals surface area contributed by atoms with Crippen LogP contribution in [0.15, 0.2) is 0 Å². The lowest BCUT2D eigenvalue weighted by atomic mass is 10.6. The second kappa shape index (κ2) is 6.04. The van der Waals surface area contributed by atoms with E-state index in [-0.39, 0.29) is 23.0 Å². The molecule has 0 spiro atoms. The van der Waals surface area contributed by atoms with Crippen molar-refractivity contribution in [1.82, 2.24) is 4.31 Å². The zero-order valence-electron chi connectivity index (χ0n) is 9.90. The van der Waals surface area contributed by atoms with Gasteiger partial charge in [-0.3, -0.25) is 0 Å². The predicted molar refractivity (Wildman–Crippen MR) is 77.9 cm³/mol. The van der Waals surface area contributed by atoms with Crippen LogP contribution in [0.5, 0.6) is 0 Å². The second-order valence-electron chi connectivity index (χ2n) is 3.81. The molecule has 106 valence electrons. The van der Waals surface area contributed by atoms with E-state index in [0.29, 0.717) is 5.75 Å². The molecule has 0 aromatic carbocycles. The molecule has 1 saturated heterocycles. The Hall–Kier alpha value is 0.1000. The number of sulfonamides is 1. The van der Waals surface area contributed by atoms with Crippen molar-refractivity contribution in [2.75, 3.05) is 29.6 Å². The molecule has 1 heterocycles. The highest BCUT2D eigenvalue weighted by Gasteiger charge is 2.39. The van der Waals surface area contributed by atoms with E-state index in [0.717, 1.165) is 4.31 Å². The number of nitrogens with zero attached hydrogens (tertiary/aromatic N) is 1. The smallest absolute Gasteiger partial charge is 0.221 e. The van der Waals surface area contributed by atoms with Gasteiger partial charge in [-0.05, 0) is 0 Å². The first kappa shape index (κ1) is 16.2. The summed E-state index contributed by atoms with van der Waals surface area (Å²) >= 11 is 6.03. The van der Waals surface area contributed by atoms with Gasteiger partial charge >= 0.3 is 0 Å². The van der Waals surface area contributed by atoms with E-state index in [1.165, 1.54) is 18.7 Å². The van der Waals surface area contributed by atoms with Gasteiger partial charge in [0.1, 0.15) is 11.1 Å². The summed E-state index contributed by atoms with van der Waals surface area (Å²) < 4.78 is 49.0. The molecular formula is C8H16N2O4S4. The fourth-order valence-electron chi connectivity index (χ4n) is 1.62. The standard InChI is InChI=1S/C8H16N2O4S4/c1-2-17(11,12)8-5-16-4-3-10(8)18(13,14)6-7(9)15/h8H,2-6H2,1H3,(H2,9,15). The first-order chi connectivity index (χ1) is 8.20. The maximum atomic E-state index is 12.1. The van der Waals surface area contributed by atoms with Crippen molar-refractivity contribution >= 4 is 48.8 Å². The molecule has 18 heavy (non-hydrogen) atoms. The summed E-state index contributed by atoms with van der Waals surface area (Å²) in [6.45, 7) is 1.69. The van der Waals surface area contributed by atoms with E-state index < -0.39 is 31.0 Å². The highest BCUT2D eigenvalue weighted by molar-refractivity contribution is 8.01. The Labute approximate surface area is 117 Å². The van der Waals surface area contributed by atoms with E-state index in [4.69, 9.17) is 5.73 Å².